The van der Waals surface area contributed by atoms with Crippen molar-refractivity contribution in [2.45, 2.75) is 25.3 Å². The summed E-state index contributed by atoms with van der Waals surface area (Å²) in [7, 11) is -3.06. The van der Waals surface area contributed by atoms with Gasteiger partial charge in [0.2, 0.25) is 10.0 Å². The van der Waals surface area contributed by atoms with E-state index >= 15 is 0 Å². The second-order valence-corrected chi connectivity index (χ2v) is 5.37. The molecule has 1 rings (SSSR count). The number of sulfonamides is 1. The fourth-order valence-corrected chi connectivity index (χ4v) is 2.93. The molecule has 0 radical (unpaired) electrons. The summed E-state index contributed by atoms with van der Waals surface area (Å²) in [4.78, 5) is 0. The molecule has 6 heteroatoms. The second-order valence-electron chi connectivity index (χ2n) is 3.43. The minimum Gasteiger partial charge on any atom is -0.271 e. The summed E-state index contributed by atoms with van der Waals surface area (Å²) < 4.78 is 24.2. The third kappa shape index (κ3) is 2.91. The molecule has 1 heterocycles. The van der Waals surface area contributed by atoms with Crippen LogP contribution in [0.2, 0.25) is 0 Å². The third-order valence-corrected chi connectivity index (χ3v) is 3.69. The van der Waals surface area contributed by atoms with Gasteiger partial charge < -0.3 is 0 Å². The minimum absolute atomic E-state index is 0.0359. The van der Waals surface area contributed by atoms with Crippen LogP contribution in [0.15, 0.2) is 0 Å². The maximum atomic E-state index is 11.3. The van der Waals surface area contributed by atoms with Gasteiger partial charge in [-0.25, -0.2) is 8.42 Å². The van der Waals surface area contributed by atoms with Crippen molar-refractivity contribution in [1.29, 1.82) is 0 Å². The highest BCUT2D eigenvalue weighted by molar-refractivity contribution is 7.88. The number of hydrogen-bond acceptors (Lipinski definition) is 4. The van der Waals surface area contributed by atoms with Crippen LogP contribution < -0.4 is 11.3 Å². The van der Waals surface area contributed by atoms with Crippen molar-refractivity contribution in [1.82, 2.24) is 9.73 Å². The van der Waals surface area contributed by atoms with Gasteiger partial charge in [-0.15, -0.1) is 0 Å². The quantitative estimate of drug-likeness (QED) is 0.472. The van der Waals surface area contributed by atoms with Crippen molar-refractivity contribution in [2.24, 2.45) is 5.84 Å². The molecule has 1 aliphatic rings. The first kappa shape index (κ1) is 10.9. The number of piperidine rings is 1. The average Bonchev–Trinajstić information content (AvgIpc) is 2.04. The summed E-state index contributed by atoms with van der Waals surface area (Å²) in [6.45, 7) is 1.16. The van der Waals surface area contributed by atoms with E-state index in [1.807, 2.05) is 0 Å². The zero-order valence-corrected chi connectivity index (χ0v) is 8.68. The Morgan fingerprint density at radius 2 is 2.23 bits per heavy atom. The van der Waals surface area contributed by atoms with Crippen LogP contribution in [0.4, 0.5) is 0 Å². The molecule has 0 aromatic heterocycles. The molecule has 78 valence electrons. The number of nitrogens with one attached hydrogen (secondary N) is 1. The van der Waals surface area contributed by atoms with E-state index in [0.29, 0.717) is 13.1 Å². The Morgan fingerprint density at radius 1 is 1.54 bits per heavy atom. The average molecular weight is 207 g/mol. The molecule has 0 spiro atoms. The molecule has 0 bridgehead atoms. The summed E-state index contributed by atoms with van der Waals surface area (Å²) in [5.41, 5.74) is 2.53. The number of rotatable bonds is 3. The highest BCUT2D eigenvalue weighted by Gasteiger charge is 2.28. The van der Waals surface area contributed by atoms with E-state index in [1.165, 1.54) is 10.6 Å². The van der Waals surface area contributed by atoms with Crippen molar-refractivity contribution in [2.75, 3.05) is 19.3 Å². The fraction of sp³-hybridized carbons (Fsp3) is 1.00. The van der Waals surface area contributed by atoms with Crippen LogP contribution in [-0.4, -0.2) is 38.1 Å². The first-order chi connectivity index (χ1) is 6.05. The van der Waals surface area contributed by atoms with E-state index in [0.717, 1.165) is 19.3 Å². The molecule has 0 amide bonds. The fourth-order valence-electron chi connectivity index (χ4n) is 1.75. The molecule has 13 heavy (non-hydrogen) atoms. The Morgan fingerprint density at radius 3 is 2.77 bits per heavy atom. The predicted octanol–water partition coefficient (Wildman–Crippen LogP) is -0.736. The topological polar surface area (TPSA) is 75.4 Å². The lowest BCUT2D eigenvalue weighted by Gasteiger charge is -2.33. The van der Waals surface area contributed by atoms with Crippen molar-refractivity contribution < 1.29 is 8.42 Å². The lowest BCUT2D eigenvalue weighted by Crippen LogP contribution is -2.49. The van der Waals surface area contributed by atoms with Crippen molar-refractivity contribution >= 4 is 10.0 Å². The molecule has 1 unspecified atom stereocenters. The standard InChI is InChI=1S/C7H17N3O2S/c1-13(11,12)10-5-3-2-4-7(10)6-9-8/h7,9H,2-6,8H2,1H3. The monoisotopic (exact) mass is 207 g/mol. The lowest BCUT2D eigenvalue weighted by molar-refractivity contribution is 0.248. The molecule has 0 saturated carbocycles. The van der Waals surface area contributed by atoms with Crippen LogP contribution in [0.3, 0.4) is 0 Å². The summed E-state index contributed by atoms with van der Waals surface area (Å²) >= 11 is 0. The molecule has 5 nitrogen and oxygen atoms in total. The Balaban J connectivity index is 2.67. The smallest absolute Gasteiger partial charge is 0.211 e. The molecule has 0 aromatic carbocycles. The highest BCUT2D eigenvalue weighted by atomic mass is 32.2. The van der Waals surface area contributed by atoms with Crippen LogP contribution in [0, 0.1) is 0 Å². The molecule has 1 saturated heterocycles. The molecular weight excluding hydrogens is 190 g/mol. The van der Waals surface area contributed by atoms with Gasteiger partial charge in [-0.05, 0) is 12.8 Å². The van der Waals surface area contributed by atoms with Crippen LogP contribution in [0.1, 0.15) is 19.3 Å². The number of nitrogens with two attached hydrogens (primary N) is 1. The van der Waals surface area contributed by atoms with Gasteiger partial charge in [0, 0.05) is 19.1 Å². The van der Waals surface area contributed by atoms with Gasteiger partial charge in [0.05, 0.1) is 6.26 Å². The summed E-state index contributed by atoms with van der Waals surface area (Å²) in [5.74, 6) is 5.19. The number of hydrogen-bond donors (Lipinski definition) is 2. The van der Waals surface area contributed by atoms with Gasteiger partial charge >= 0.3 is 0 Å². The molecule has 1 aliphatic heterocycles. The summed E-state index contributed by atoms with van der Waals surface area (Å²) in [5, 5.41) is 0. The molecule has 3 N–H and O–H groups in total. The van der Waals surface area contributed by atoms with E-state index in [9.17, 15) is 8.42 Å². The van der Waals surface area contributed by atoms with Gasteiger partial charge in [0.15, 0.2) is 0 Å². The zero-order chi connectivity index (χ0) is 9.90. The molecule has 1 fully saturated rings. The Kier molecular flexibility index (Phi) is 3.66. The predicted molar refractivity (Wildman–Crippen MR) is 51.4 cm³/mol. The van der Waals surface area contributed by atoms with E-state index in [-0.39, 0.29) is 6.04 Å². The van der Waals surface area contributed by atoms with E-state index in [4.69, 9.17) is 5.84 Å². The van der Waals surface area contributed by atoms with E-state index in [1.54, 1.807) is 0 Å². The first-order valence-corrected chi connectivity index (χ1v) is 6.31. The van der Waals surface area contributed by atoms with Crippen molar-refractivity contribution in [3.8, 4) is 0 Å². The number of nitrogens with zero attached hydrogens (tertiary/aromatic N) is 1. The van der Waals surface area contributed by atoms with Crippen LogP contribution in [0.5, 0.6) is 0 Å². The maximum Gasteiger partial charge on any atom is 0.211 e. The number of hydrazine groups is 1. The normalized spacial score (nSPS) is 26.2. The SMILES string of the molecule is CS(=O)(=O)N1CCCCC1CNN. The molecule has 1 atom stereocenters. The third-order valence-electron chi connectivity index (χ3n) is 2.35. The summed E-state index contributed by atoms with van der Waals surface area (Å²) in [6, 6.07) is 0.0359. The Bertz CT molecular complexity index is 250. The lowest BCUT2D eigenvalue weighted by atomic mass is 10.1. The Hall–Kier alpha value is -0.170. The van der Waals surface area contributed by atoms with E-state index < -0.39 is 10.0 Å². The van der Waals surface area contributed by atoms with Gasteiger partial charge in [-0.2, -0.15) is 4.31 Å². The summed E-state index contributed by atoms with van der Waals surface area (Å²) in [6.07, 6.45) is 4.19. The highest BCUT2D eigenvalue weighted by Crippen LogP contribution is 2.18. The van der Waals surface area contributed by atoms with Crippen molar-refractivity contribution in [3.63, 3.8) is 0 Å². The molecule has 0 aliphatic carbocycles. The minimum atomic E-state index is -3.06. The first-order valence-electron chi connectivity index (χ1n) is 4.46. The second kappa shape index (κ2) is 4.36. The molecule has 0 aromatic rings. The molecular formula is C7H17N3O2S. The van der Waals surface area contributed by atoms with Crippen LogP contribution in [0.25, 0.3) is 0 Å². The largest absolute Gasteiger partial charge is 0.271 e. The van der Waals surface area contributed by atoms with Gasteiger partial charge in [0.25, 0.3) is 0 Å². The van der Waals surface area contributed by atoms with Gasteiger partial charge in [-0.1, -0.05) is 6.42 Å². The zero-order valence-electron chi connectivity index (χ0n) is 7.86. The van der Waals surface area contributed by atoms with Crippen molar-refractivity contribution in [3.05, 3.63) is 0 Å². The van der Waals surface area contributed by atoms with E-state index in [2.05, 4.69) is 5.43 Å². The maximum absolute atomic E-state index is 11.3. The van der Waals surface area contributed by atoms with Gasteiger partial charge in [0.1, 0.15) is 0 Å². The van der Waals surface area contributed by atoms with Gasteiger partial charge in [-0.3, -0.25) is 11.3 Å². The van der Waals surface area contributed by atoms with Crippen LogP contribution >= 0.6 is 0 Å². The Labute approximate surface area is 79.3 Å². The van der Waals surface area contributed by atoms with Crippen LogP contribution in [-0.2, 0) is 10.0 Å².